The molecular formula is C11H11N3O2. The van der Waals surface area contributed by atoms with Crippen molar-refractivity contribution in [2.75, 3.05) is 23.4 Å². The number of hydrazine groups is 1. The van der Waals surface area contributed by atoms with Crippen LogP contribution in [0.5, 0.6) is 5.75 Å². The minimum Gasteiger partial charge on any atom is -0.423 e. The molecule has 1 aromatic carbocycles. The summed E-state index contributed by atoms with van der Waals surface area (Å²) in [5.74, 6) is 8.01. The van der Waals surface area contributed by atoms with Gasteiger partial charge in [-0.25, -0.2) is 4.79 Å². The Balaban J connectivity index is 2.41. The zero-order valence-electron chi connectivity index (χ0n) is 8.56. The second-order valence-corrected chi connectivity index (χ2v) is 3.36. The fourth-order valence-corrected chi connectivity index (χ4v) is 1.59. The smallest absolute Gasteiger partial charge is 0.331 e. The number of hydrogen-bond acceptors (Lipinski definition) is 5. The van der Waals surface area contributed by atoms with Gasteiger partial charge >= 0.3 is 5.97 Å². The number of benzene rings is 1. The van der Waals surface area contributed by atoms with Gasteiger partial charge in [0.25, 0.3) is 0 Å². The zero-order valence-corrected chi connectivity index (χ0v) is 8.56. The number of anilines is 2. The standard InChI is InChI=1S/C11H11N3O2/c1-2-5-14-7-11(15)16-10-4-3-8(13-12)6-9(10)14/h1,3-4,6,13H,5,7,12H2. The molecule has 0 bridgehead atoms. The molecule has 0 amide bonds. The van der Waals surface area contributed by atoms with Crippen LogP contribution in [0.3, 0.4) is 0 Å². The Morgan fingerprint density at radius 1 is 1.62 bits per heavy atom. The van der Waals surface area contributed by atoms with E-state index in [1.165, 1.54) is 0 Å². The Hall–Kier alpha value is -2.19. The van der Waals surface area contributed by atoms with E-state index in [4.69, 9.17) is 17.0 Å². The predicted octanol–water partition coefficient (Wildman–Crippen LogP) is 0.331. The number of esters is 1. The van der Waals surface area contributed by atoms with Gasteiger partial charge in [0, 0.05) is 0 Å². The topological polar surface area (TPSA) is 67.6 Å². The maximum Gasteiger partial charge on any atom is 0.331 e. The summed E-state index contributed by atoms with van der Waals surface area (Å²) in [4.78, 5) is 13.1. The molecular weight excluding hydrogens is 206 g/mol. The van der Waals surface area contributed by atoms with Crippen molar-refractivity contribution in [3.8, 4) is 18.1 Å². The van der Waals surface area contributed by atoms with Gasteiger partial charge < -0.3 is 15.1 Å². The van der Waals surface area contributed by atoms with Crippen molar-refractivity contribution >= 4 is 17.3 Å². The molecule has 0 aliphatic carbocycles. The van der Waals surface area contributed by atoms with Crippen molar-refractivity contribution < 1.29 is 9.53 Å². The average molecular weight is 217 g/mol. The minimum atomic E-state index is -0.309. The lowest BCUT2D eigenvalue weighted by Crippen LogP contribution is -2.37. The van der Waals surface area contributed by atoms with Crippen molar-refractivity contribution in [1.82, 2.24) is 0 Å². The summed E-state index contributed by atoms with van der Waals surface area (Å²) >= 11 is 0. The fourth-order valence-electron chi connectivity index (χ4n) is 1.59. The van der Waals surface area contributed by atoms with Crippen LogP contribution < -0.4 is 20.9 Å². The second kappa shape index (κ2) is 4.13. The van der Waals surface area contributed by atoms with Crippen LogP contribution in [0.4, 0.5) is 11.4 Å². The first kappa shape index (κ1) is 10.3. The third kappa shape index (κ3) is 1.78. The average Bonchev–Trinajstić information content (AvgIpc) is 2.29. The first-order chi connectivity index (χ1) is 7.74. The molecule has 1 aromatic rings. The molecule has 0 aromatic heterocycles. The third-order valence-corrected chi connectivity index (χ3v) is 2.29. The number of terminal acetylenes is 1. The van der Waals surface area contributed by atoms with E-state index in [0.29, 0.717) is 12.3 Å². The number of nitrogen functional groups attached to an aromatic ring is 1. The largest absolute Gasteiger partial charge is 0.423 e. The summed E-state index contributed by atoms with van der Waals surface area (Å²) in [6, 6.07) is 5.20. The molecule has 1 aliphatic rings. The quantitative estimate of drug-likeness (QED) is 0.246. The normalized spacial score (nSPS) is 13.8. The summed E-state index contributed by atoms with van der Waals surface area (Å²) in [5, 5.41) is 0. The van der Waals surface area contributed by atoms with Gasteiger partial charge in [-0.2, -0.15) is 0 Å². The number of nitrogens with zero attached hydrogens (tertiary/aromatic N) is 1. The molecule has 2 rings (SSSR count). The Labute approximate surface area is 93.1 Å². The van der Waals surface area contributed by atoms with Gasteiger partial charge in [-0.05, 0) is 18.2 Å². The van der Waals surface area contributed by atoms with Crippen molar-refractivity contribution in [1.29, 1.82) is 0 Å². The number of nitrogens with one attached hydrogen (secondary N) is 1. The molecule has 0 saturated heterocycles. The fraction of sp³-hybridized carbons (Fsp3) is 0.182. The van der Waals surface area contributed by atoms with Gasteiger partial charge in [-0.1, -0.05) is 5.92 Å². The molecule has 1 heterocycles. The number of hydrogen-bond donors (Lipinski definition) is 2. The van der Waals surface area contributed by atoms with Crippen LogP contribution in [0.15, 0.2) is 18.2 Å². The van der Waals surface area contributed by atoms with Crippen LogP contribution in [0, 0.1) is 12.3 Å². The lowest BCUT2D eigenvalue weighted by atomic mass is 10.2. The molecule has 82 valence electrons. The van der Waals surface area contributed by atoms with Gasteiger partial charge in [0.2, 0.25) is 0 Å². The van der Waals surface area contributed by atoms with Crippen LogP contribution in [0.1, 0.15) is 0 Å². The monoisotopic (exact) mass is 217 g/mol. The van der Waals surface area contributed by atoms with E-state index in [-0.39, 0.29) is 12.5 Å². The third-order valence-electron chi connectivity index (χ3n) is 2.29. The maximum atomic E-state index is 11.3. The number of nitrogens with two attached hydrogens (primary N) is 1. The Kier molecular flexibility index (Phi) is 2.66. The van der Waals surface area contributed by atoms with Crippen molar-refractivity contribution in [3.63, 3.8) is 0 Å². The summed E-state index contributed by atoms with van der Waals surface area (Å²) < 4.78 is 5.09. The van der Waals surface area contributed by atoms with Crippen molar-refractivity contribution in [2.45, 2.75) is 0 Å². The molecule has 0 fully saturated rings. The number of fused-ring (bicyclic) bond motifs is 1. The lowest BCUT2D eigenvalue weighted by Gasteiger charge is -2.28. The summed E-state index contributed by atoms with van der Waals surface area (Å²) in [5.41, 5.74) is 4.04. The van der Waals surface area contributed by atoms with E-state index in [2.05, 4.69) is 11.3 Å². The van der Waals surface area contributed by atoms with Gasteiger partial charge in [0.05, 0.1) is 17.9 Å². The molecule has 0 saturated carbocycles. The highest BCUT2D eigenvalue weighted by Crippen LogP contribution is 2.33. The maximum absolute atomic E-state index is 11.3. The SMILES string of the molecule is C#CCN1CC(=O)Oc2ccc(NN)cc21. The van der Waals surface area contributed by atoms with Crippen LogP contribution in [-0.4, -0.2) is 19.1 Å². The summed E-state index contributed by atoms with van der Waals surface area (Å²) in [6.07, 6.45) is 5.25. The van der Waals surface area contributed by atoms with Crippen LogP contribution in [0.2, 0.25) is 0 Å². The Morgan fingerprint density at radius 3 is 3.12 bits per heavy atom. The molecule has 0 unspecified atom stereocenters. The number of carbonyl (C=O) groups excluding carboxylic acids is 1. The molecule has 0 radical (unpaired) electrons. The van der Waals surface area contributed by atoms with E-state index < -0.39 is 0 Å². The Morgan fingerprint density at radius 2 is 2.44 bits per heavy atom. The van der Waals surface area contributed by atoms with Gasteiger partial charge in [0.1, 0.15) is 6.54 Å². The number of ether oxygens (including phenoxy) is 1. The van der Waals surface area contributed by atoms with Crippen molar-refractivity contribution in [2.24, 2.45) is 5.84 Å². The van der Waals surface area contributed by atoms with E-state index in [1.807, 2.05) is 0 Å². The predicted molar refractivity (Wildman–Crippen MR) is 60.9 cm³/mol. The molecule has 5 nitrogen and oxygen atoms in total. The molecule has 3 N–H and O–H groups in total. The zero-order chi connectivity index (χ0) is 11.5. The highest BCUT2D eigenvalue weighted by atomic mass is 16.5. The molecule has 0 spiro atoms. The highest BCUT2D eigenvalue weighted by Gasteiger charge is 2.23. The first-order valence-electron chi connectivity index (χ1n) is 4.74. The van der Waals surface area contributed by atoms with Gasteiger partial charge in [-0.3, -0.25) is 5.84 Å². The van der Waals surface area contributed by atoms with Crippen LogP contribution in [0.25, 0.3) is 0 Å². The number of carbonyl (C=O) groups is 1. The minimum absolute atomic E-state index is 0.158. The van der Waals surface area contributed by atoms with Gasteiger partial charge in [0.15, 0.2) is 5.75 Å². The summed E-state index contributed by atoms with van der Waals surface area (Å²) in [6.45, 7) is 0.515. The molecule has 16 heavy (non-hydrogen) atoms. The Bertz CT molecular complexity index is 465. The molecule has 0 atom stereocenters. The van der Waals surface area contributed by atoms with Crippen LogP contribution >= 0.6 is 0 Å². The van der Waals surface area contributed by atoms with Crippen molar-refractivity contribution in [3.05, 3.63) is 18.2 Å². The van der Waals surface area contributed by atoms with E-state index in [0.717, 1.165) is 11.4 Å². The lowest BCUT2D eigenvalue weighted by molar-refractivity contribution is -0.133. The summed E-state index contributed by atoms with van der Waals surface area (Å²) in [7, 11) is 0. The van der Waals surface area contributed by atoms with Gasteiger partial charge in [-0.15, -0.1) is 6.42 Å². The highest BCUT2D eigenvalue weighted by molar-refractivity contribution is 5.85. The molecule has 1 aliphatic heterocycles. The molecule has 5 heteroatoms. The van der Waals surface area contributed by atoms with E-state index in [9.17, 15) is 4.79 Å². The van der Waals surface area contributed by atoms with E-state index in [1.54, 1.807) is 23.1 Å². The first-order valence-corrected chi connectivity index (χ1v) is 4.74. The van der Waals surface area contributed by atoms with E-state index >= 15 is 0 Å². The second-order valence-electron chi connectivity index (χ2n) is 3.36. The van der Waals surface area contributed by atoms with Crippen LogP contribution in [-0.2, 0) is 4.79 Å². The number of rotatable bonds is 2.